The van der Waals surface area contributed by atoms with Gasteiger partial charge in [-0.25, -0.2) is 0 Å². The smallest absolute Gasteiger partial charge is 0.164 e. The summed E-state index contributed by atoms with van der Waals surface area (Å²) in [5, 5.41) is 7.84. The van der Waals surface area contributed by atoms with E-state index in [2.05, 4.69) is 30.3 Å². The zero-order valence-corrected chi connectivity index (χ0v) is 11.6. The monoisotopic (exact) mass is 249 g/mol. The molecule has 0 unspecified atom stereocenters. The summed E-state index contributed by atoms with van der Waals surface area (Å²) in [4.78, 5) is 0. The minimum atomic E-state index is 0.786. The van der Waals surface area contributed by atoms with E-state index in [1.54, 1.807) is 13.3 Å². The van der Waals surface area contributed by atoms with E-state index in [1.807, 2.05) is 4.68 Å². The zero-order chi connectivity index (χ0) is 13.0. The molecule has 1 N–H and O–H groups in total. The summed E-state index contributed by atoms with van der Waals surface area (Å²) >= 11 is 0. The van der Waals surface area contributed by atoms with Crippen LogP contribution in [0.5, 0.6) is 5.75 Å². The van der Waals surface area contributed by atoms with E-state index in [-0.39, 0.29) is 0 Å². The number of rotatable bonds is 7. The van der Waals surface area contributed by atoms with Crippen LogP contribution >= 0.6 is 0 Å². The molecule has 100 valence electrons. The van der Waals surface area contributed by atoms with Crippen molar-refractivity contribution in [2.24, 2.45) is 0 Å². The molecule has 1 aliphatic carbocycles. The van der Waals surface area contributed by atoms with E-state index in [4.69, 9.17) is 4.74 Å². The maximum Gasteiger partial charge on any atom is 0.164 e. The number of allylic oxidation sites excluding steroid dienone is 1. The Morgan fingerprint density at radius 2 is 2.39 bits per heavy atom. The Hall–Kier alpha value is -1.29. The Morgan fingerprint density at radius 1 is 1.61 bits per heavy atom. The van der Waals surface area contributed by atoms with Crippen LogP contribution in [0.3, 0.4) is 0 Å². The van der Waals surface area contributed by atoms with Gasteiger partial charge in [-0.05, 0) is 45.2 Å². The number of ether oxygens (including phenoxy) is 1. The van der Waals surface area contributed by atoms with Gasteiger partial charge in [0.1, 0.15) is 5.69 Å². The van der Waals surface area contributed by atoms with E-state index < -0.39 is 0 Å². The van der Waals surface area contributed by atoms with Gasteiger partial charge in [-0.15, -0.1) is 0 Å². The number of nitrogens with one attached hydrogen (secondary N) is 1. The SMILES string of the molecule is CCn1ncc(OC)c1C(C)=CCCNC1CC1. The number of hydrogen-bond acceptors (Lipinski definition) is 3. The Morgan fingerprint density at radius 3 is 3.00 bits per heavy atom. The van der Waals surface area contributed by atoms with Crippen LogP contribution in [0.25, 0.3) is 5.57 Å². The van der Waals surface area contributed by atoms with Gasteiger partial charge in [0.25, 0.3) is 0 Å². The fourth-order valence-corrected chi connectivity index (χ4v) is 2.12. The van der Waals surface area contributed by atoms with Crippen LogP contribution < -0.4 is 10.1 Å². The summed E-state index contributed by atoms with van der Waals surface area (Å²) in [6, 6.07) is 0.786. The molecule has 4 heteroatoms. The molecule has 1 heterocycles. The summed E-state index contributed by atoms with van der Waals surface area (Å²) in [7, 11) is 1.70. The standard InChI is InChI=1S/C14H23N3O/c1-4-17-14(13(18-3)10-16-17)11(2)6-5-9-15-12-7-8-12/h6,10,12,15H,4-5,7-9H2,1-3H3. The van der Waals surface area contributed by atoms with Crippen LogP contribution in [0.4, 0.5) is 0 Å². The molecule has 0 spiro atoms. The number of aromatic nitrogens is 2. The highest BCUT2D eigenvalue weighted by Crippen LogP contribution is 2.25. The van der Waals surface area contributed by atoms with Crippen LogP contribution in [0.15, 0.2) is 12.3 Å². The predicted octanol–water partition coefficient (Wildman–Crippen LogP) is 2.46. The summed E-state index contributed by atoms with van der Waals surface area (Å²) in [6.07, 6.45) is 7.80. The maximum atomic E-state index is 5.36. The van der Waals surface area contributed by atoms with E-state index >= 15 is 0 Å². The van der Waals surface area contributed by atoms with Crippen molar-refractivity contribution in [3.05, 3.63) is 18.0 Å². The second-order valence-corrected chi connectivity index (χ2v) is 4.78. The summed E-state index contributed by atoms with van der Waals surface area (Å²) < 4.78 is 7.35. The second kappa shape index (κ2) is 6.05. The Balaban J connectivity index is 1.98. The number of hydrogen-bond donors (Lipinski definition) is 1. The first kappa shape index (κ1) is 13.1. The Labute approximate surface area is 109 Å². The minimum Gasteiger partial charge on any atom is -0.493 e. The van der Waals surface area contributed by atoms with E-state index in [9.17, 15) is 0 Å². The first-order valence-corrected chi connectivity index (χ1v) is 6.76. The highest BCUT2D eigenvalue weighted by molar-refractivity contribution is 5.65. The lowest BCUT2D eigenvalue weighted by molar-refractivity contribution is 0.412. The largest absolute Gasteiger partial charge is 0.493 e. The molecule has 0 saturated heterocycles. The normalized spacial score (nSPS) is 16.1. The van der Waals surface area contributed by atoms with Gasteiger partial charge in [-0.2, -0.15) is 5.10 Å². The molecule has 0 atom stereocenters. The van der Waals surface area contributed by atoms with Crippen LogP contribution in [0, 0.1) is 0 Å². The number of aryl methyl sites for hydroxylation is 1. The van der Waals surface area contributed by atoms with Gasteiger partial charge in [0.2, 0.25) is 0 Å². The molecule has 2 rings (SSSR count). The molecule has 0 aliphatic heterocycles. The molecule has 1 fully saturated rings. The first-order valence-electron chi connectivity index (χ1n) is 6.76. The van der Waals surface area contributed by atoms with Crippen molar-refractivity contribution in [3.8, 4) is 5.75 Å². The molecule has 1 aromatic rings. The fourth-order valence-electron chi connectivity index (χ4n) is 2.12. The van der Waals surface area contributed by atoms with Crippen molar-refractivity contribution in [1.82, 2.24) is 15.1 Å². The lowest BCUT2D eigenvalue weighted by Gasteiger charge is -2.08. The van der Waals surface area contributed by atoms with Crippen LogP contribution in [0.1, 0.15) is 38.8 Å². The molecule has 4 nitrogen and oxygen atoms in total. The third-order valence-corrected chi connectivity index (χ3v) is 3.30. The average Bonchev–Trinajstić information content (AvgIpc) is 3.11. The van der Waals surface area contributed by atoms with Gasteiger partial charge >= 0.3 is 0 Å². The molecule has 0 amide bonds. The molecule has 0 bridgehead atoms. The maximum absolute atomic E-state index is 5.36. The number of nitrogens with zero attached hydrogens (tertiary/aromatic N) is 2. The molecule has 1 saturated carbocycles. The summed E-state index contributed by atoms with van der Waals surface area (Å²) in [5.41, 5.74) is 2.34. The van der Waals surface area contributed by atoms with Crippen LogP contribution in [-0.2, 0) is 6.54 Å². The lowest BCUT2D eigenvalue weighted by Crippen LogP contribution is -2.16. The van der Waals surface area contributed by atoms with Gasteiger partial charge in [-0.1, -0.05) is 6.08 Å². The van der Waals surface area contributed by atoms with Crippen molar-refractivity contribution in [1.29, 1.82) is 0 Å². The molecule has 0 radical (unpaired) electrons. The highest BCUT2D eigenvalue weighted by Gasteiger charge is 2.19. The van der Waals surface area contributed by atoms with Crippen molar-refractivity contribution < 1.29 is 4.74 Å². The molecule has 0 aromatic carbocycles. The molecule has 1 aliphatic rings. The minimum absolute atomic E-state index is 0.786. The Bertz CT molecular complexity index is 397. The summed E-state index contributed by atoms with van der Waals surface area (Å²) in [5.74, 6) is 0.862. The van der Waals surface area contributed by atoms with Gasteiger partial charge in [0, 0.05) is 12.6 Å². The number of methoxy groups -OCH3 is 1. The quantitative estimate of drug-likeness (QED) is 0.754. The van der Waals surface area contributed by atoms with E-state index in [1.165, 1.54) is 18.4 Å². The van der Waals surface area contributed by atoms with E-state index in [0.29, 0.717) is 0 Å². The molecular weight excluding hydrogens is 226 g/mol. The molecular formula is C14H23N3O. The third kappa shape index (κ3) is 3.13. The summed E-state index contributed by atoms with van der Waals surface area (Å²) in [6.45, 7) is 6.15. The Kier molecular flexibility index (Phi) is 4.42. The topological polar surface area (TPSA) is 39.1 Å². The average molecular weight is 249 g/mol. The molecule has 1 aromatic heterocycles. The fraction of sp³-hybridized carbons (Fsp3) is 0.643. The predicted molar refractivity (Wildman–Crippen MR) is 73.7 cm³/mol. The van der Waals surface area contributed by atoms with Gasteiger partial charge in [0.15, 0.2) is 5.75 Å². The van der Waals surface area contributed by atoms with Gasteiger partial charge in [0.05, 0.1) is 13.3 Å². The molecule has 18 heavy (non-hydrogen) atoms. The van der Waals surface area contributed by atoms with Crippen molar-refractivity contribution >= 4 is 5.57 Å². The van der Waals surface area contributed by atoms with Crippen molar-refractivity contribution in [3.63, 3.8) is 0 Å². The van der Waals surface area contributed by atoms with Crippen molar-refractivity contribution in [2.75, 3.05) is 13.7 Å². The van der Waals surface area contributed by atoms with Crippen LogP contribution in [0.2, 0.25) is 0 Å². The second-order valence-electron chi connectivity index (χ2n) is 4.78. The lowest BCUT2D eigenvalue weighted by atomic mass is 10.1. The third-order valence-electron chi connectivity index (χ3n) is 3.30. The first-order chi connectivity index (χ1) is 8.76. The zero-order valence-electron chi connectivity index (χ0n) is 11.6. The van der Waals surface area contributed by atoms with Gasteiger partial charge in [-0.3, -0.25) is 4.68 Å². The van der Waals surface area contributed by atoms with Gasteiger partial charge < -0.3 is 10.1 Å². The highest BCUT2D eigenvalue weighted by atomic mass is 16.5. The van der Waals surface area contributed by atoms with E-state index in [0.717, 1.165) is 37.0 Å². The van der Waals surface area contributed by atoms with Crippen molar-refractivity contribution in [2.45, 2.75) is 45.7 Å². The van der Waals surface area contributed by atoms with Crippen LogP contribution in [-0.4, -0.2) is 29.5 Å².